The van der Waals surface area contributed by atoms with Crippen LogP contribution in [0.2, 0.25) is 0 Å². The summed E-state index contributed by atoms with van der Waals surface area (Å²) in [7, 11) is 0. The Kier molecular flexibility index (Phi) is 3.80. The van der Waals surface area contributed by atoms with Gasteiger partial charge in [0.1, 0.15) is 6.10 Å². The Morgan fingerprint density at radius 1 is 1.29 bits per heavy atom. The van der Waals surface area contributed by atoms with Gasteiger partial charge < -0.3 is 4.74 Å². The van der Waals surface area contributed by atoms with Crippen LogP contribution in [0.3, 0.4) is 0 Å². The fourth-order valence-electron chi connectivity index (χ4n) is 1.39. The lowest BCUT2D eigenvalue weighted by Crippen LogP contribution is -2.35. The zero-order valence-electron chi connectivity index (χ0n) is 7.31. The largest absolute Gasteiger partial charge is 0.490 e. The van der Waals surface area contributed by atoms with Gasteiger partial charge in [0.15, 0.2) is 0 Å². The van der Waals surface area contributed by atoms with Crippen LogP contribution in [-0.2, 0) is 9.53 Å². The van der Waals surface area contributed by atoms with Gasteiger partial charge in [-0.1, -0.05) is 22.4 Å². The minimum atomic E-state index is -4.88. The molecule has 0 aromatic heterocycles. The van der Waals surface area contributed by atoms with Gasteiger partial charge in [0.05, 0.1) is 4.83 Å². The number of esters is 1. The van der Waals surface area contributed by atoms with Crippen molar-refractivity contribution in [1.82, 2.24) is 0 Å². The van der Waals surface area contributed by atoms with Crippen molar-refractivity contribution in [3.05, 3.63) is 0 Å². The van der Waals surface area contributed by atoms with E-state index in [1.165, 1.54) is 0 Å². The number of halogens is 4. The summed E-state index contributed by atoms with van der Waals surface area (Å²) in [6, 6.07) is 0. The average molecular weight is 275 g/mol. The zero-order chi connectivity index (χ0) is 10.8. The number of ether oxygens (including phenoxy) is 1. The maximum atomic E-state index is 11.8. The highest BCUT2D eigenvalue weighted by Gasteiger charge is 2.43. The smallest absolute Gasteiger partial charge is 0.455 e. The van der Waals surface area contributed by atoms with E-state index in [1.54, 1.807) is 0 Å². The molecule has 0 N–H and O–H groups in total. The van der Waals surface area contributed by atoms with Crippen LogP contribution >= 0.6 is 15.9 Å². The lowest BCUT2D eigenvalue weighted by atomic mass is 9.98. The molecule has 2 nitrogen and oxygen atoms in total. The van der Waals surface area contributed by atoms with Crippen LogP contribution in [0.1, 0.15) is 25.7 Å². The topological polar surface area (TPSA) is 26.3 Å². The monoisotopic (exact) mass is 274 g/mol. The van der Waals surface area contributed by atoms with Crippen molar-refractivity contribution in [3.8, 4) is 0 Å². The maximum absolute atomic E-state index is 11.8. The number of rotatable bonds is 1. The summed E-state index contributed by atoms with van der Waals surface area (Å²) in [5.74, 6) is -2.09. The Labute approximate surface area is 87.9 Å². The van der Waals surface area contributed by atoms with Gasteiger partial charge in [-0.25, -0.2) is 4.79 Å². The summed E-state index contributed by atoms with van der Waals surface area (Å²) in [5.41, 5.74) is 0. The molecule has 0 radical (unpaired) electrons. The standard InChI is InChI=1S/C8H10BrF3O2/c9-5-3-1-2-4-6(5)14-7(13)8(10,11)12/h5-6H,1-4H2/t5-,6-/m1/s1. The molecule has 6 heteroatoms. The SMILES string of the molecule is O=C(O[C@@H]1CCCC[C@H]1Br)C(F)(F)F. The molecule has 1 saturated carbocycles. The van der Waals surface area contributed by atoms with Gasteiger partial charge in [-0.2, -0.15) is 13.2 Å². The zero-order valence-corrected chi connectivity index (χ0v) is 8.90. The summed E-state index contributed by atoms with van der Waals surface area (Å²) in [6.07, 6.45) is -2.52. The average Bonchev–Trinajstić information content (AvgIpc) is 2.07. The number of hydrogen-bond donors (Lipinski definition) is 0. The predicted octanol–water partition coefficient (Wildman–Crippen LogP) is 2.80. The number of alkyl halides is 4. The highest BCUT2D eigenvalue weighted by molar-refractivity contribution is 9.09. The molecule has 1 aliphatic rings. The Morgan fingerprint density at radius 3 is 2.36 bits per heavy atom. The lowest BCUT2D eigenvalue weighted by molar-refractivity contribution is -0.205. The molecule has 0 bridgehead atoms. The summed E-state index contributed by atoms with van der Waals surface area (Å²) >= 11 is 3.21. The van der Waals surface area contributed by atoms with Gasteiger partial charge >= 0.3 is 12.1 Å². The van der Waals surface area contributed by atoms with E-state index in [9.17, 15) is 18.0 Å². The van der Waals surface area contributed by atoms with Gasteiger partial charge in [0.25, 0.3) is 0 Å². The first-order valence-electron chi connectivity index (χ1n) is 4.33. The van der Waals surface area contributed by atoms with Gasteiger partial charge in [-0.3, -0.25) is 0 Å². The van der Waals surface area contributed by atoms with Crippen LogP contribution in [0.25, 0.3) is 0 Å². The molecule has 0 spiro atoms. The number of hydrogen-bond acceptors (Lipinski definition) is 2. The van der Waals surface area contributed by atoms with E-state index in [0.29, 0.717) is 6.42 Å². The lowest BCUT2D eigenvalue weighted by Gasteiger charge is -2.27. The Balaban J connectivity index is 2.46. The van der Waals surface area contributed by atoms with Gasteiger partial charge in [0, 0.05) is 0 Å². The molecule has 0 aliphatic heterocycles. The van der Waals surface area contributed by atoms with Crippen molar-refractivity contribution >= 4 is 21.9 Å². The molecular formula is C8H10BrF3O2. The number of carbonyl (C=O) groups is 1. The maximum Gasteiger partial charge on any atom is 0.490 e. The van der Waals surface area contributed by atoms with Crippen molar-refractivity contribution in [2.45, 2.75) is 42.8 Å². The molecule has 0 heterocycles. The van der Waals surface area contributed by atoms with Crippen LogP contribution in [-0.4, -0.2) is 23.1 Å². The van der Waals surface area contributed by atoms with E-state index < -0.39 is 18.2 Å². The van der Waals surface area contributed by atoms with Gasteiger partial charge in [-0.15, -0.1) is 0 Å². The molecule has 2 atom stereocenters. The summed E-state index contributed by atoms with van der Waals surface area (Å²) in [6.45, 7) is 0. The van der Waals surface area contributed by atoms with E-state index in [2.05, 4.69) is 20.7 Å². The second kappa shape index (κ2) is 4.51. The first-order valence-corrected chi connectivity index (χ1v) is 5.24. The predicted molar refractivity (Wildman–Crippen MR) is 47.1 cm³/mol. The molecular weight excluding hydrogens is 265 g/mol. The van der Waals surface area contributed by atoms with E-state index in [1.807, 2.05) is 0 Å². The second-order valence-electron chi connectivity index (χ2n) is 3.24. The van der Waals surface area contributed by atoms with Crippen LogP contribution in [0.15, 0.2) is 0 Å². The molecule has 1 aliphatic carbocycles. The Bertz CT molecular complexity index is 217. The summed E-state index contributed by atoms with van der Waals surface area (Å²) in [5, 5.41) is 0. The Morgan fingerprint density at radius 2 is 1.86 bits per heavy atom. The van der Waals surface area contributed by atoms with E-state index in [0.717, 1.165) is 19.3 Å². The third-order valence-electron chi connectivity index (χ3n) is 2.11. The normalized spacial score (nSPS) is 28.6. The molecule has 1 fully saturated rings. The highest BCUT2D eigenvalue weighted by Crippen LogP contribution is 2.29. The molecule has 14 heavy (non-hydrogen) atoms. The molecule has 1 rings (SSSR count). The van der Waals surface area contributed by atoms with E-state index in [-0.39, 0.29) is 4.83 Å². The summed E-state index contributed by atoms with van der Waals surface area (Å²) in [4.78, 5) is 10.4. The van der Waals surface area contributed by atoms with E-state index >= 15 is 0 Å². The molecule has 0 amide bonds. The molecule has 0 aromatic carbocycles. The third kappa shape index (κ3) is 3.15. The highest BCUT2D eigenvalue weighted by atomic mass is 79.9. The first-order chi connectivity index (χ1) is 6.41. The Hall–Kier alpha value is -0.260. The minimum absolute atomic E-state index is 0.150. The van der Waals surface area contributed by atoms with Crippen molar-refractivity contribution in [3.63, 3.8) is 0 Å². The van der Waals surface area contributed by atoms with Crippen molar-refractivity contribution in [2.24, 2.45) is 0 Å². The van der Waals surface area contributed by atoms with Gasteiger partial charge in [-0.05, 0) is 19.3 Å². The van der Waals surface area contributed by atoms with Crippen LogP contribution < -0.4 is 0 Å². The fourth-order valence-corrected chi connectivity index (χ4v) is 2.08. The van der Waals surface area contributed by atoms with Crippen molar-refractivity contribution < 1.29 is 22.7 Å². The summed E-state index contributed by atoms with van der Waals surface area (Å²) < 4.78 is 39.9. The molecule has 0 aromatic rings. The minimum Gasteiger partial charge on any atom is -0.455 e. The first kappa shape index (κ1) is 11.8. The quantitative estimate of drug-likeness (QED) is 0.543. The van der Waals surface area contributed by atoms with Crippen LogP contribution in [0, 0.1) is 0 Å². The number of carbonyl (C=O) groups excluding carboxylic acids is 1. The fraction of sp³-hybridized carbons (Fsp3) is 0.875. The molecule has 0 saturated heterocycles. The van der Waals surface area contributed by atoms with E-state index in [4.69, 9.17) is 0 Å². The molecule has 0 unspecified atom stereocenters. The van der Waals surface area contributed by atoms with Gasteiger partial charge in [0.2, 0.25) is 0 Å². The van der Waals surface area contributed by atoms with Crippen LogP contribution in [0.4, 0.5) is 13.2 Å². The molecule has 82 valence electrons. The van der Waals surface area contributed by atoms with Crippen molar-refractivity contribution in [1.29, 1.82) is 0 Å². The van der Waals surface area contributed by atoms with Crippen molar-refractivity contribution in [2.75, 3.05) is 0 Å². The third-order valence-corrected chi connectivity index (χ3v) is 3.16. The second-order valence-corrected chi connectivity index (χ2v) is 4.42. The van der Waals surface area contributed by atoms with Crippen LogP contribution in [0.5, 0.6) is 0 Å².